The molecule has 3 heterocycles. The van der Waals surface area contributed by atoms with Crippen molar-refractivity contribution in [1.29, 1.82) is 0 Å². The summed E-state index contributed by atoms with van der Waals surface area (Å²) in [7, 11) is 1.88. The van der Waals surface area contributed by atoms with Crippen LogP contribution in [0.2, 0.25) is 0 Å². The van der Waals surface area contributed by atoms with E-state index < -0.39 is 6.29 Å². The highest BCUT2D eigenvalue weighted by molar-refractivity contribution is 5.79. The van der Waals surface area contributed by atoms with Gasteiger partial charge in [0.1, 0.15) is 11.6 Å². The number of rotatable bonds is 5. The Labute approximate surface area is 216 Å². The van der Waals surface area contributed by atoms with E-state index in [1.807, 2.05) is 26.1 Å². The molecular formula is C29H33N5O3. The third kappa shape index (κ3) is 4.39. The maximum absolute atomic E-state index is 10.1. The fourth-order valence-corrected chi connectivity index (χ4v) is 6.20. The second-order valence-electron chi connectivity index (χ2n) is 10.5. The van der Waals surface area contributed by atoms with E-state index in [0.29, 0.717) is 0 Å². The Balaban J connectivity index is 1.38. The zero-order chi connectivity index (χ0) is 25.7. The predicted molar refractivity (Wildman–Crippen MR) is 140 cm³/mol. The largest absolute Gasteiger partial charge is 0.473 e. The molecule has 4 aromatic rings. The summed E-state index contributed by atoms with van der Waals surface area (Å²) in [6.07, 6.45) is 2.71. The van der Waals surface area contributed by atoms with Gasteiger partial charge in [-0.3, -0.25) is 4.90 Å². The first kappa shape index (κ1) is 24.0. The molecule has 0 amide bonds. The zero-order valence-corrected chi connectivity index (χ0v) is 21.5. The van der Waals surface area contributed by atoms with Crippen molar-refractivity contribution < 1.29 is 14.9 Å². The van der Waals surface area contributed by atoms with Crippen LogP contribution in [0, 0.1) is 6.92 Å². The number of nitrogens with zero attached hydrogens (tertiary/aromatic N) is 5. The van der Waals surface area contributed by atoms with Crippen molar-refractivity contribution in [2.75, 3.05) is 6.54 Å². The molecule has 6 rings (SSSR count). The van der Waals surface area contributed by atoms with E-state index in [9.17, 15) is 10.2 Å². The SMILES string of the molecule is Cc1c(C(CC(O)O)c2ccc3c(c2)C(N2Cc4cccnc4O[C@H](C)C2)CC3)ccc2c1nnn2C. The van der Waals surface area contributed by atoms with Crippen LogP contribution in [-0.2, 0) is 20.0 Å². The molecule has 0 fully saturated rings. The van der Waals surface area contributed by atoms with Crippen LogP contribution in [0.3, 0.4) is 0 Å². The Hall–Kier alpha value is -3.33. The molecule has 2 N–H and O–H groups in total. The highest BCUT2D eigenvalue weighted by atomic mass is 16.5. The zero-order valence-electron chi connectivity index (χ0n) is 21.5. The normalized spacial score (nSPS) is 20.5. The molecule has 0 radical (unpaired) electrons. The fourth-order valence-electron chi connectivity index (χ4n) is 6.20. The van der Waals surface area contributed by atoms with Gasteiger partial charge in [0.2, 0.25) is 5.88 Å². The summed E-state index contributed by atoms with van der Waals surface area (Å²) in [6.45, 7) is 5.77. The maximum Gasteiger partial charge on any atom is 0.218 e. The number of benzene rings is 2. The number of ether oxygens (including phenoxy) is 1. The number of aryl methyl sites for hydroxylation is 3. The molecule has 2 aliphatic rings. The van der Waals surface area contributed by atoms with E-state index in [1.165, 1.54) is 11.1 Å². The van der Waals surface area contributed by atoms with E-state index in [-0.39, 0.29) is 24.5 Å². The molecule has 1 aliphatic heterocycles. The molecule has 0 saturated carbocycles. The number of fused-ring (bicyclic) bond motifs is 3. The fraction of sp³-hybridized carbons (Fsp3) is 0.414. The second-order valence-corrected chi connectivity index (χ2v) is 10.5. The predicted octanol–water partition coefficient (Wildman–Crippen LogP) is 3.77. The first-order valence-electron chi connectivity index (χ1n) is 13.0. The molecule has 0 bridgehead atoms. The number of hydrogen-bond acceptors (Lipinski definition) is 7. The Morgan fingerprint density at radius 2 is 2.00 bits per heavy atom. The number of pyridine rings is 1. The Bertz CT molecular complexity index is 1450. The molecule has 3 atom stereocenters. The van der Waals surface area contributed by atoms with Crippen molar-refractivity contribution in [3.05, 3.63) is 82.0 Å². The number of aromatic nitrogens is 4. The van der Waals surface area contributed by atoms with Crippen LogP contribution in [0.1, 0.15) is 65.1 Å². The number of hydrogen-bond donors (Lipinski definition) is 2. The Kier molecular flexibility index (Phi) is 6.18. The van der Waals surface area contributed by atoms with Crippen molar-refractivity contribution in [3.63, 3.8) is 0 Å². The van der Waals surface area contributed by atoms with Crippen molar-refractivity contribution in [2.24, 2.45) is 7.05 Å². The summed E-state index contributed by atoms with van der Waals surface area (Å²) in [5.74, 6) is 0.561. The molecule has 1 aliphatic carbocycles. The van der Waals surface area contributed by atoms with E-state index in [4.69, 9.17) is 4.74 Å². The Morgan fingerprint density at radius 3 is 2.84 bits per heavy atom. The van der Waals surface area contributed by atoms with Crippen LogP contribution >= 0.6 is 0 Å². The van der Waals surface area contributed by atoms with Crippen molar-refractivity contribution in [1.82, 2.24) is 24.9 Å². The summed E-state index contributed by atoms with van der Waals surface area (Å²) in [6, 6.07) is 15.1. The first-order chi connectivity index (χ1) is 17.9. The van der Waals surface area contributed by atoms with Gasteiger partial charge in [0, 0.05) is 50.3 Å². The highest BCUT2D eigenvalue weighted by Gasteiger charge is 2.33. The average molecular weight is 500 g/mol. The minimum Gasteiger partial charge on any atom is -0.473 e. The lowest BCUT2D eigenvalue weighted by molar-refractivity contribution is -0.0477. The van der Waals surface area contributed by atoms with Crippen molar-refractivity contribution >= 4 is 11.0 Å². The Morgan fingerprint density at radius 1 is 1.14 bits per heavy atom. The minimum absolute atomic E-state index is 0.0435. The smallest absolute Gasteiger partial charge is 0.218 e. The van der Waals surface area contributed by atoms with Crippen LogP contribution in [0.15, 0.2) is 48.7 Å². The monoisotopic (exact) mass is 499 g/mol. The molecule has 8 heteroatoms. The topological polar surface area (TPSA) is 96.5 Å². The van der Waals surface area contributed by atoms with Gasteiger partial charge in [-0.1, -0.05) is 35.5 Å². The van der Waals surface area contributed by atoms with Crippen molar-refractivity contribution in [3.8, 4) is 5.88 Å². The van der Waals surface area contributed by atoms with Gasteiger partial charge in [0.15, 0.2) is 6.29 Å². The third-order valence-electron chi connectivity index (χ3n) is 7.99. The molecule has 8 nitrogen and oxygen atoms in total. The van der Waals surface area contributed by atoms with Crippen LogP contribution in [-0.4, -0.2) is 54.0 Å². The lowest BCUT2D eigenvalue weighted by atomic mass is 9.84. The second kappa shape index (κ2) is 9.52. The van der Waals surface area contributed by atoms with Gasteiger partial charge in [0.25, 0.3) is 0 Å². The maximum atomic E-state index is 10.1. The highest BCUT2D eigenvalue weighted by Crippen LogP contribution is 2.42. The molecular weight excluding hydrogens is 466 g/mol. The van der Waals surface area contributed by atoms with E-state index in [2.05, 4.69) is 57.5 Å². The van der Waals surface area contributed by atoms with Gasteiger partial charge in [-0.15, -0.1) is 5.10 Å². The van der Waals surface area contributed by atoms with E-state index >= 15 is 0 Å². The van der Waals surface area contributed by atoms with Gasteiger partial charge in [0.05, 0.1) is 5.52 Å². The molecule has 37 heavy (non-hydrogen) atoms. The van der Waals surface area contributed by atoms with Crippen LogP contribution < -0.4 is 4.74 Å². The first-order valence-corrected chi connectivity index (χ1v) is 13.0. The molecule has 192 valence electrons. The summed E-state index contributed by atoms with van der Waals surface area (Å²) < 4.78 is 7.89. The lowest BCUT2D eigenvalue weighted by Crippen LogP contribution is -2.33. The van der Waals surface area contributed by atoms with Gasteiger partial charge >= 0.3 is 0 Å². The number of aliphatic hydroxyl groups excluding tert-OH is 1. The molecule has 2 aromatic carbocycles. The van der Waals surface area contributed by atoms with Crippen LogP contribution in [0.25, 0.3) is 11.0 Å². The van der Waals surface area contributed by atoms with Gasteiger partial charge in [-0.25, -0.2) is 9.67 Å². The lowest BCUT2D eigenvalue weighted by Gasteiger charge is -2.30. The molecule has 2 aromatic heterocycles. The van der Waals surface area contributed by atoms with E-state index in [0.717, 1.165) is 65.1 Å². The van der Waals surface area contributed by atoms with Gasteiger partial charge in [-0.05, 0) is 66.6 Å². The number of aliphatic hydroxyl groups is 2. The van der Waals surface area contributed by atoms with Crippen molar-refractivity contribution in [2.45, 2.75) is 64.0 Å². The molecule has 0 saturated heterocycles. The summed E-state index contributed by atoms with van der Waals surface area (Å²) in [4.78, 5) is 6.97. The summed E-state index contributed by atoms with van der Waals surface area (Å²) in [5, 5.41) is 28.6. The third-order valence-corrected chi connectivity index (χ3v) is 7.99. The van der Waals surface area contributed by atoms with Crippen LogP contribution in [0.4, 0.5) is 0 Å². The van der Waals surface area contributed by atoms with Crippen LogP contribution in [0.5, 0.6) is 5.88 Å². The molecule has 2 unspecified atom stereocenters. The van der Waals surface area contributed by atoms with Gasteiger partial charge in [-0.2, -0.15) is 0 Å². The van der Waals surface area contributed by atoms with E-state index in [1.54, 1.807) is 10.9 Å². The van der Waals surface area contributed by atoms with Gasteiger partial charge < -0.3 is 14.9 Å². The average Bonchev–Trinajstić information content (AvgIpc) is 3.42. The quantitative estimate of drug-likeness (QED) is 0.404. The standard InChI is InChI=1S/C29H33N5O3/c1-17-15-34(16-21-5-4-12-30-29(21)37-17)25-10-8-19-6-7-20(13-24(19)25)23(14-27(35)36)22-9-11-26-28(18(22)2)31-32-33(26)3/h4-7,9,11-13,17,23,25,27,35-36H,8,10,14-16H2,1-3H3/t17-,23?,25?/m1/s1. The molecule has 0 spiro atoms. The summed E-state index contributed by atoms with van der Waals surface area (Å²) >= 11 is 0. The minimum atomic E-state index is -1.42. The summed E-state index contributed by atoms with van der Waals surface area (Å²) in [5.41, 5.74) is 8.78.